The first kappa shape index (κ1) is 23.4. The molecule has 166 valence electrons. The van der Waals surface area contributed by atoms with E-state index in [-0.39, 0.29) is 11.7 Å². The van der Waals surface area contributed by atoms with Crippen LogP contribution in [0.5, 0.6) is 5.75 Å². The molecule has 1 aliphatic heterocycles. The van der Waals surface area contributed by atoms with Crippen LogP contribution >= 0.6 is 11.8 Å². The van der Waals surface area contributed by atoms with Crippen molar-refractivity contribution in [3.8, 4) is 5.75 Å². The van der Waals surface area contributed by atoms with E-state index in [1.54, 1.807) is 20.1 Å². The standard InChI is InChI=1S/C25H32N2O3S/c1-19(28)22-10-11-24(30-2)23(14-22)17-31-18-25(29)26-15-20-6-8-21(9-7-20)16-27-12-4-3-5-13-27/h6-11,14H,3-5,12-13,15-18H2,1-2H3,(H,26,29). The van der Waals surface area contributed by atoms with Crippen molar-refractivity contribution in [3.05, 3.63) is 64.7 Å². The van der Waals surface area contributed by atoms with E-state index in [2.05, 4.69) is 34.5 Å². The van der Waals surface area contributed by atoms with Crippen LogP contribution in [0.25, 0.3) is 0 Å². The topological polar surface area (TPSA) is 58.6 Å². The Kier molecular flexibility index (Phi) is 8.98. The average molecular weight is 441 g/mol. The monoisotopic (exact) mass is 440 g/mol. The third-order valence-electron chi connectivity index (χ3n) is 5.55. The number of benzene rings is 2. The Hall–Kier alpha value is -2.31. The van der Waals surface area contributed by atoms with Crippen molar-refractivity contribution in [1.82, 2.24) is 10.2 Å². The number of nitrogens with zero attached hydrogens (tertiary/aromatic N) is 1. The van der Waals surface area contributed by atoms with E-state index in [4.69, 9.17) is 4.74 Å². The molecule has 0 saturated carbocycles. The summed E-state index contributed by atoms with van der Waals surface area (Å²) in [5, 5.41) is 2.99. The van der Waals surface area contributed by atoms with Crippen molar-refractivity contribution >= 4 is 23.5 Å². The Morgan fingerprint density at radius 3 is 2.42 bits per heavy atom. The second-order valence-electron chi connectivity index (χ2n) is 8.01. The average Bonchev–Trinajstić information content (AvgIpc) is 2.79. The maximum Gasteiger partial charge on any atom is 0.230 e. The molecule has 0 spiro atoms. The fraction of sp³-hybridized carbons (Fsp3) is 0.440. The van der Waals surface area contributed by atoms with Crippen molar-refractivity contribution < 1.29 is 14.3 Å². The van der Waals surface area contributed by atoms with Crippen LogP contribution in [0.15, 0.2) is 42.5 Å². The van der Waals surface area contributed by atoms with Gasteiger partial charge in [-0.2, -0.15) is 0 Å². The fourth-order valence-electron chi connectivity index (χ4n) is 3.75. The molecule has 1 heterocycles. The first-order chi connectivity index (χ1) is 15.0. The normalized spacial score (nSPS) is 14.3. The highest BCUT2D eigenvalue weighted by molar-refractivity contribution is 7.99. The molecule has 0 bridgehead atoms. The molecule has 3 rings (SSSR count). The van der Waals surface area contributed by atoms with Crippen LogP contribution in [0.2, 0.25) is 0 Å². The number of Topliss-reactive ketones (excluding diaryl/α,β-unsaturated/α-hetero) is 1. The minimum absolute atomic E-state index is 0.00378. The summed E-state index contributed by atoms with van der Waals surface area (Å²) < 4.78 is 5.37. The number of hydrogen-bond acceptors (Lipinski definition) is 5. The van der Waals surface area contributed by atoms with Gasteiger partial charge in [0.25, 0.3) is 0 Å². The molecule has 1 aliphatic rings. The van der Waals surface area contributed by atoms with Crippen molar-refractivity contribution in [3.63, 3.8) is 0 Å². The third-order valence-corrected chi connectivity index (χ3v) is 6.53. The van der Waals surface area contributed by atoms with Crippen LogP contribution in [0.4, 0.5) is 0 Å². The maximum atomic E-state index is 12.2. The lowest BCUT2D eigenvalue weighted by Crippen LogP contribution is -2.29. The number of carbonyl (C=O) groups excluding carboxylic acids is 2. The van der Waals surface area contributed by atoms with Crippen LogP contribution in [-0.4, -0.2) is 42.5 Å². The molecule has 31 heavy (non-hydrogen) atoms. The summed E-state index contributed by atoms with van der Waals surface area (Å²) in [5.74, 6) is 1.74. The summed E-state index contributed by atoms with van der Waals surface area (Å²) >= 11 is 1.51. The zero-order chi connectivity index (χ0) is 22.1. The van der Waals surface area contributed by atoms with Crippen molar-refractivity contribution in [2.75, 3.05) is 26.0 Å². The van der Waals surface area contributed by atoms with Crippen molar-refractivity contribution in [2.45, 2.75) is 45.0 Å². The number of ether oxygens (including phenoxy) is 1. The summed E-state index contributed by atoms with van der Waals surface area (Å²) in [6, 6.07) is 14.0. The smallest absolute Gasteiger partial charge is 0.230 e. The lowest BCUT2D eigenvalue weighted by atomic mass is 10.1. The molecule has 0 radical (unpaired) electrons. The number of methoxy groups -OCH3 is 1. The minimum atomic E-state index is 0.00378. The molecule has 0 aromatic heterocycles. The summed E-state index contributed by atoms with van der Waals surface area (Å²) in [4.78, 5) is 26.4. The van der Waals surface area contributed by atoms with Gasteiger partial charge < -0.3 is 10.1 Å². The maximum absolute atomic E-state index is 12.2. The van der Waals surface area contributed by atoms with Crippen molar-refractivity contribution in [2.24, 2.45) is 0 Å². The number of amides is 1. The zero-order valence-electron chi connectivity index (χ0n) is 18.5. The van der Waals surface area contributed by atoms with E-state index in [9.17, 15) is 9.59 Å². The van der Waals surface area contributed by atoms with E-state index in [0.29, 0.717) is 23.6 Å². The first-order valence-corrected chi connectivity index (χ1v) is 12.0. The predicted molar refractivity (Wildman–Crippen MR) is 127 cm³/mol. The van der Waals surface area contributed by atoms with Gasteiger partial charge in [0, 0.05) is 30.0 Å². The van der Waals surface area contributed by atoms with E-state index in [1.165, 1.54) is 49.7 Å². The lowest BCUT2D eigenvalue weighted by Gasteiger charge is -2.26. The number of thioether (sulfide) groups is 1. The quantitative estimate of drug-likeness (QED) is 0.554. The molecular formula is C25H32N2O3S. The van der Waals surface area contributed by atoms with E-state index >= 15 is 0 Å². The second-order valence-corrected chi connectivity index (χ2v) is 8.99. The van der Waals surface area contributed by atoms with Gasteiger partial charge in [-0.15, -0.1) is 11.8 Å². The van der Waals surface area contributed by atoms with Gasteiger partial charge in [0.2, 0.25) is 5.91 Å². The molecule has 2 aromatic carbocycles. The molecule has 1 saturated heterocycles. The Morgan fingerprint density at radius 1 is 1.03 bits per heavy atom. The number of carbonyl (C=O) groups is 2. The molecule has 0 atom stereocenters. The van der Waals surface area contributed by atoms with Crippen LogP contribution in [-0.2, 0) is 23.6 Å². The lowest BCUT2D eigenvalue weighted by molar-refractivity contribution is -0.118. The van der Waals surface area contributed by atoms with E-state index in [1.807, 2.05) is 12.1 Å². The van der Waals surface area contributed by atoms with Crippen LogP contribution in [0.1, 0.15) is 53.2 Å². The summed E-state index contributed by atoms with van der Waals surface area (Å²) in [7, 11) is 1.61. The summed E-state index contributed by atoms with van der Waals surface area (Å²) in [6.07, 6.45) is 3.96. The molecule has 1 amide bonds. The molecule has 2 aromatic rings. The number of nitrogens with one attached hydrogen (secondary N) is 1. The molecule has 1 fully saturated rings. The van der Waals surface area contributed by atoms with Crippen LogP contribution in [0.3, 0.4) is 0 Å². The van der Waals surface area contributed by atoms with Gasteiger partial charge in [0.05, 0.1) is 12.9 Å². The molecule has 0 unspecified atom stereocenters. The number of piperidine rings is 1. The van der Waals surface area contributed by atoms with Gasteiger partial charge in [0.1, 0.15) is 5.75 Å². The minimum Gasteiger partial charge on any atom is -0.496 e. The van der Waals surface area contributed by atoms with Crippen LogP contribution in [0, 0.1) is 0 Å². The number of hydrogen-bond donors (Lipinski definition) is 1. The molecule has 1 N–H and O–H groups in total. The van der Waals surface area contributed by atoms with Gasteiger partial charge in [-0.05, 0) is 62.2 Å². The zero-order valence-corrected chi connectivity index (χ0v) is 19.3. The highest BCUT2D eigenvalue weighted by Crippen LogP contribution is 2.25. The number of rotatable bonds is 10. The fourth-order valence-corrected chi connectivity index (χ4v) is 4.59. The molecule has 6 heteroatoms. The number of likely N-dealkylation sites (tertiary alicyclic amines) is 1. The molecule has 0 aliphatic carbocycles. The highest BCUT2D eigenvalue weighted by Gasteiger charge is 2.11. The Balaban J connectivity index is 1.41. The Labute approximate surface area is 189 Å². The second kappa shape index (κ2) is 11.9. The highest BCUT2D eigenvalue weighted by atomic mass is 32.2. The van der Waals surface area contributed by atoms with E-state index < -0.39 is 0 Å². The molecule has 5 nitrogen and oxygen atoms in total. The van der Waals surface area contributed by atoms with Crippen LogP contribution < -0.4 is 10.1 Å². The first-order valence-electron chi connectivity index (χ1n) is 10.9. The van der Waals surface area contributed by atoms with Crippen molar-refractivity contribution in [1.29, 1.82) is 0 Å². The van der Waals surface area contributed by atoms with Gasteiger partial charge in [-0.3, -0.25) is 14.5 Å². The van der Waals surface area contributed by atoms with Gasteiger partial charge >= 0.3 is 0 Å². The van der Waals surface area contributed by atoms with E-state index in [0.717, 1.165) is 23.4 Å². The van der Waals surface area contributed by atoms with Gasteiger partial charge in [-0.1, -0.05) is 30.7 Å². The molecular weight excluding hydrogens is 408 g/mol. The predicted octanol–water partition coefficient (Wildman–Crippen LogP) is 4.43. The third kappa shape index (κ3) is 7.40. The SMILES string of the molecule is COc1ccc(C(C)=O)cc1CSCC(=O)NCc1ccc(CN2CCCCC2)cc1. The van der Waals surface area contributed by atoms with Gasteiger partial charge in [0.15, 0.2) is 5.78 Å². The summed E-state index contributed by atoms with van der Waals surface area (Å²) in [5.41, 5.74) is 4.02. The number of ketones is 1. The largest absolute Gasteiger partial charge is 0.496 e. The summed E-state index contributed by atoms with van der Waals surface area (Å²) in [6.45, 7) is 5.48. The Morgan fingerprint density at radius 2 is 1.74 bits per heavy atom. The Bertz CT molecular complexity index is 877. The van der Waals surface area contributed by atoms with Gasteiger partial charge in [-0.25, -0.2) is 0 Å².